The highest BCUT2D eigenvalue weighted by Crippen LogP contribution is 2.44. The van der Waals surface area contributed by atoms with Gasteiger partial charge in [-0.25, -0.2) is 19.7 Å². The number of carbonyl (C=O) groups excluding carboxylic acids is 1. The molecule has 6 rings (SSSR count). The van der Waals surface area contributed by atoms with Crippen LogP contribution in [0.25, 0.3) is 0 Å². The van der Waals surface area contributed by atoms with E-state index in [0.29, 0.717) is 40.0 Å². The fourth-order valence-electron chi connectivity index (χ4n) is 5.78. The van der Waals surface area contributed by atoms with E-state index in [4.69, 9.17) is 21.3 Å². The van der Waals surface area contributed by atoms with Crippen LogP contribution >= 0.6 is 11.6 Å². The predicted molar refractivity (Wildman–Crippen MR) is 167 cm³/mol. The third kappa shape index (κ3) is 5.26. The van der Waals surface area contributed by atoms with E-state index in [1.165, 1.54) is 23.3 Å². The number of methoxy groups -OCH3 is 1. The van der Waals surface area contributed by atoms with Crippen molar-refractivity contribution in [1.82, 2.24) is 19.9 Å². The van der Waals surface area contributed by atoms with Crippen molar-refractivity contribution in [2.75, 3.05) is 42.4 Å². The molecule has 10 heteroatoms. The summed E-state index contributed by atoms with van der Waals surface area (Å²) in [5.74, 6) is 2.44. The minimum Gasteiger partial charge on any atom is -0.495 e. The Labute approximate surface area is 251 Å². The number of hydrogen-bond donors (Lipinski definition) is 1. The minimum absolute atomic E-state index is 0.309. The van der Waals surface area contributed by atoms with Gasteiger partial charge in [0.2, 0.25) is 5.95 Å². The molecule has 0 aliphatic carbocycles. The van der Waals surface area contributed by atoms with Crippen molar-refractivity contribution in [3.05, 3.63) is 88.7 Å². The van der Waals surface area contributed by atoms with Gasteiger partial charge in [0.05, 0.1) is 30.1 Å². The Morgan fingerprint density at radius 3 is 2.43 bits per heavy atom. The van der Waals surface area contributed by atoms with Crippen LogP contribution in [0.2, 0.25) is 5.02 Å². The molecule has 1 unspecified atom stereocenters. The molecule has 0 saturated carbocycles. The van der Waals surface area contributed by atoms with Crippen LogP contribution in [0.15, 0.2) is 67.0 Å². The lowest BCUT2D eigenvalue weighted by molar-refractivity contribution is 0.250. The minimum atomic E-state index is -0.372. The first-order valence-corrected chi connectivity index (χ1v) is 14.5. The Morgan fingerprint density at radius 1 is 1.00 bits per heavy atom. The first kappa shape index (κ1) is 27.9. The van der Waals surface area contributed by atoms with Crippen LogP contribution in [0.5, 0.6) is 5.75 Å². The molecule has 0 radical (unpaired) electrons. The van der Waals surface area contributed by atoms with Gasteiger partial charge in [0, 0.05) is 17.4 Å². The fraction of sp³-hybridized carbons (Fsp3) is 0.312. The SMILES string of the molecule is COc1ccc(N2C(=O)N(c3c(C)cccc3Cl)C(C)c3cnc(Nc4ccc(C5CCN(C)CC5)cc4)nc32)nc1. The molecule has 0 spiro atoms. The summed E-state index contributed by atoms with van der Waals surface area (Å²) < 4.78 is 5.30. The number of ether oxygens (including phenoxy) is 1. The van der Waals surface area contributed by atoms with E-state index in [2.05, 4.69) is 51.5 Å². The monoisotopic (exact) mass is 583 g/mol. The van der Waals surface area contributed by atoms with Crippen molar-refractivity contribution >= 4 is 46.6 Å². The zero-order valence-corrected chi connectivity index (χ0v) is 25.0. The number of hydrogen-bond acceptors (Lipinski definition) is 7. The van der Waals surface area contributed by atoms with Crippen LogP contribution in [0.1, 0.15) is 48.4 Å². The summed E-state index contributed by atoms with van der Waals surface area (Å²) >= 11 is 6.65. The van der Waals surface area contributed by atoms with Crippen LogP contribution in [-0.2, 0) is 0 Å². The standard InChI is InChI=1S/C32H34ClN7O2/c1-20-6-5-7-27(33)29(20)39-21(2)26-19-35-31(36-24-10-8-22(9-11-24)23-14-16-38(3)17-15-23)37-30(26)40(32(39)41)28-13-12-25(42-4)18-34-28/h5-13,18-19,21,23H,14-17H2,1-4H3,(H,35,36,37). The topological polar surface area (TPSA) is 86.7 Å². The summed E-state index contributed by atoms with van der Waals surface area (Å²) in [6.45, 7) is 6.14. The van der Waals surface area contributed by atoms with Crippen LogP contribution in [0, 0.1) is 6.92 Å². The number of halogens is 1. The smallest absolute Gasteiger partial charge is 0.336 e. The summed E-state index contributed by atoms with van der Waals surface area (Å²) in [5.41, 5.74) is 4.54. The number of nitrogens with one attached hydrogen (secondary N) is 1. The quantitative estimate of drug-likeness (QED) is 0.256. The van der Waals surface area contributed by atoms with Crippen molar-refractivity contribution < 1.29 is 9.53 Å². The molecule has 1 fully saturated rings. The summed E-state index contributed by atoms with van der Waals surface area (Å²) in [5, 5.41) is 3.82. The Balaban J connectivity index is 1.35. The molecule has 9 nitrogen and oxygen atoms in total. The zero-order valence-electron chi connectivity index (χ0n) is 24.2. The van der Waals surface area contributed by atoms with E-state index in [1.807, 2.05) is 26.0 Å². The number of urea groups is 1. The number of carbonyl (C=O) groups is 1. The normalized spacial score (nSPS) is 17.7. The van der Waals surface area contributed by atoms with Crippen LogP contribution in [0.3, 0.4) is 0 Å². The maximum Gasteiger partial charge on any atom is 0.336 e. The molecule has 0 bridgehead atoms. The number of benzene rings is 2. The Kier molecular flexibility index (Phi) is 7.70. The summed E-state index contributed by atoms with van der Waals surface area (Å²) in [7, 11) is 3.75. The summed E-state index contributed by atoms with van der Waals surface area (Å²) in [6, 6.07) is 16.9. The number of amides is 2. The molecule has 4 heterocycles. The lowest BCUT2D eigenvalue weighted by atomic mass is 9.89. The lowest BCUT2D eigenvalue weighted by Crippen LogP contribution is -2.48. The van der Waals surface area contributed by atoms with Crippen molar-refractivity contribution in [2.24, 2.45) is 0 Å². The first-order chi connectivity index (χ1) is 20.3. The molecule has 216 valence electrons. The summed E-state index contributed by atoms with van der Waals surface area (Å²) in [6.07, 6.45) is 5.69. The highest BCUT2D eigenvalue weighted by atomic mass is 35.5. The molecule has 2 aliphatic heterocycles. The van der Waals surface area contributed by atoms with E-state index >= 15 is 0 Å². The van der Waals surface area contributed by atoms with E-state index in [1.54, 1.807) is 42.6 Å². The average molecular weight is 584 g/mol. The number of likely N-dealkylation sites (tertiary alicyclic amines) is 1. The van der Waals surface area contributed by atoms with Crippen molar-refractivity contribution in [1.29, 1.82) is 0 Å². The van der Waals surface area contributed by atoms with Gasteiger partial charge in [-0.3, -0.25) is 4.90 Å². The third-order valence-corrected chi connectivity index (χ3v) is 8.52. The second-order valence-corrected chi connectivity index (χ2v) is 11.3. The molecule has 1 saturated heterocycles. The predicted octanol–water partition coefficient (Wildman–Crippen LogP) is 7.23. The van der Waals surface area contributed by atoms with E-state index in [0.717, 1.165) is 29.9 Å². The van der Waals surface area contributed by atoms with Gasteiger partial charge in [0.1, 0.15) is 11.6 Å². The second-order valence-electron chi connectivity index (χ2n) is 10.9. The molecule has 2 aliphatic rings. The number of aryl methyl sites for hydroxylation is 1. The molecule has 2 aromatic carbocycles. The van der Waals surface area contributed by atoms with Gasteiger partial charge in [0.15, 0.2) is 5.82 Å². The molecule has 42 heavy (non-hydrogen) atoms. The van der Waals surface area contributed by atoms with Gasteiger partial charge < -0.3 is 15.0 Å². The first-order valence-electron chi connectivity index (χ1n) is 14.1. The van der Waals surface area contributed by atoms with Gasteiger partial charge >= 0.3 is 6.03 Å². The average Bonchev–Trinajstić information content (AvgIpc) is 3.00. The molecular weight excluding hydrogens is 550 g/mol. The molecular formula is C32H34ClN7O2. The Hall–Kier alpha value is -4.21. The van der Waals surface area contributed by atoms with E-state index < -0.39 is 0 Å². The third-order valence-electron chi connectivity index (χ3n) is 8.21. The number of nitrogens with zero attached hydrogens (tertiary/aromatic N) is 6. The summed E-state index contributed by atoms with van der Waals surface area (Å²) in [4.78, 5) is 33.9. The number of piperidine rings is 1. The second kappa shape index (κ2) is 11.6. The lowest BCUT2D eigenvalue weighted by Gasteiger charge is -2.40. The number of anilines is 5. The number of aromatic nitrogens is 3. The van der Waals surface area contributed by atoms with Crippen LogP contribution < -0.4 is 19.9 Å². The van der Waals surface area contributed by atoms with Gasteiger partial charge in [0.25, 0.3) is 0 Å². The van der Waals surface area contributed by atoms with Crippen molar-refractivity contribution in [3.63, 3.8) is 0 Å². The van der Waals surface area contributed by atoms with E-state index in [-0.39, 0.29) is 12.1 Å². The van der Waals surface area contributed by atoms with Gasteiger partial charge in [-0.2, -0.15) is 4.98 Å². The molecule has 1 N–H and O–H groups in total. The molecule has 2 amide bonds. The van der Waals surface area contributed by atoms with Crippen molar-refractivity contribution in [3.8, 4) is 5.75 Å². The van der Waals surface area contributed by atoms with Crippen LogP contribution in [-0.4, -0.2) is 53.1 Å². The van der Waals surface area contributed by atoms with Gasteiger partial charge in [-0.05, 0) is 94.2 Å². The maximum atomic E-state index is 14.3. The Morgan fingerprint density at radius 2 is 1.76 bits per heavy atom. The van der Waals surface area contributed by atoms with Gasteiger partial charge in [-0.1, -0.05) is 35.9 Å². The number of pyridine rings is 1. The highest BCUT2D eigenvalue weighted by Gasteiger charge is 2.40. The zero-order chi connectivity index (χ0) is 29.4. The number of fused-ring (bicyclic) bond motifs is 1. The van der Waals surface area contributed by atoms with Gasteiger partial charge in [-0.15, -0.1) is 0 Å². The molecule has 1 atom stereocenters. The number of rotatable bonds is 6. The largest absolute Gasteiger partial charge is 0.495 e. The highest BCUT2D eigenvalue weighted by molar-refractivity contribution is 6.34. The van der Waals surface area contributed by atoms with Crippen molar-refractivity contribution in [2.45, 2.75) is 38.6 Å². The Bertz CT molecular complexity index is 1570. The number of para-hydroxylation sites is 1. The maximum absolute atomic E-state index is 14.3. The molecule has 2 aromatic heterocycles. The van der Waals surface area contributed by atoms with E-state index in [9.17, 15) is 4.79 Å². The van der Waals surface area contributed by atoms with Crippen LogP contribution in [0.4, 0.5) is 33.8 Å². The molecule has 4 aromatic rings. The fourth-order valence-corrected chi connectivity index (χ4v) is 6.09.